The maximum atomic E-state index is 12.5. The molecule has 3 N–H and O–H groups in total. The molecule has 0 aliphatic carbocycles. The first-order chi connectivity index (χ1) is 6.42. The minimum absolute atomic E-state index is 0.144. The monoisotopic (exact) mass is 205 g/mol. The molecule has 1 unspecified atom stereocenters. The highest BCUT2D eigenvalue weighted by molar-refractivity contribution is 5.26. The summed E-state index contributed by atoms with van der Waals surface area (Å²) in [7, 11) is 0. The highest BCUT2D eigenvalue weighted by Gasteiger charge is 2.52. The Labute approximate surface area is 79.2 Å². The van der Waals surface area contributed by atoms with Crippen molar-refractivity contribution in [2.24, 2.45) is 5.73 Å². The molecule has 1 aromatic carbocycles. The van der Waals surface area contributed by atoms with E-state index < -0.39 is 18.3 Å². The van der Waals surface area contributed by atoms with Crippen molar-refractivity contribution in [1.29, 1.82) is 0 Å². The predicted octanol–water partition coefficient (Wildman–Crippen LogP) is 1.40. The van der Waals surface area contributed by atoms with Crippen molar-refractivity contribution in [1.82, 2.24) is 0 Å². The van der Waals surface area contributed by atoms with Gasteiger partial charge in [-0.1, -0.05) is 30.3 Å². The van der Waals surface area contributed by atoms with Crippen LogP contribution >= 0.6 is 0 Å². The Morgan fingerprint density at radius 3 is 2.00 bits per heavy atom. The lowest BCUT2D eigenvalue weighted by Crippen LogP contribution is -2.53. The van der Waals surface area contributed by atoms with E-state index >= 15 is 0 Å². The fraction of sp³-hybridized carbons (Fsp3) is 0.333. The summed E-state index contributed by atoms with van der Waals surface area (Å²) >= 11 is 0. The van der Waals surface area contributed by atoms with Crippen molar-refractivity contribution in [3.8, 4) is 0 Å². The molecule has 0 amide bonds. The van der Waals surface area contributed by atoms with Crippen LogP contribution in [0.2, 0.25) is 0 Å². The third kappa shape index (κ3) is 1.73. The first kappa shape index (κ1) is 11.0. The number of halogens is 3. The third-order valence-corrected chi connectivity index (χ3v) is 2.04. The van der Waals surface area contributed by atoms with Gasteiger partial charge in [-0.05, 0) is 5.56 Å². The number of hydrogen-bond acceptors (Lipinski definition) is 2. The van der Waals surface area contributed by atoms with Gasteiger partial charge in [0.1, 0.15) is 0 Å². The minimum atomic E-state index is -4.66. The van der Waals surface area contributed by atoms with E-state index in [1.165, 1.54) is 24.3 Å². The van der Waals surface area contributed by atoms with E-state index in [0.717, 1.165) is 0 Å². The largest absolute Gasteiger partial charge is 0.412 e. The molecular formula is C9H10F3NO. The maximum absolute atomic E-state index is 12.5. The highest BCUT2D eigenvalue weighted by Crippen LogP contribution is 2.36. The number of aliphatic hydroxyl groups is 1. The van der Waals surface area contributed by atoms with Crippen LogP contribution in [0.5, 0.6) is 0 Å². The topological polar surface area (TPSA) is 46.2 Å². The summed E-state index contributed by atoms with van der Waals surface area (Å²) in [6.07, 6.45) is -4.66. The van der Waals surface area contributed by atoms with Crippen molar-refractivity contribution in [2.45, 2.75) is 11.7 Å². The number of rotatable bonds is 2. The van der Waals surface area contributed by atoms with Crippen LogP contribution < -0.4 is 5.73 Å². The molecule has 0 spiro atoms. The third-order valence-electron chi connectivity index (χ3n) is 2.04. The van der Waals surface area contributed by atoms with Gasteiger partial charge in [0.25, 0.3) is 0 Å². The van der Waals surface area contributed by atoms with Gasteiger partial charge >= 0.3 is 6.18 Å². The molecule has 0 saturated carbocycles. The van der Waals surface area contributed by atoms with E-state index in [-0.39, 0.29) is 5.56 Å². The number of nitrogens with two attached hydrogens (primary N) is 1. The molecule has 0 heterocycles. The van der Waals surface area contributed by atoms with Gasteiger partial charge in [-0.2, -0.15) is 13.2 Å². The number of alkyl halides is 3. The van der Waals surface area contributed by atoms with Gasteiger partial charge in [0.05, 0.1) is 6.61 Å². The van der Waals surface area contributed by atoms with Crippen LogP contribution in [0, 0.1) is 0 Å². The second-order valence-corrected chi connectivity index (χ2v) is 2.99. The normalized spacial score (nSPS) is 16.4. The molecule has 78 valence electrons. The van der Waals surface area contributed by atoms with Crippen molar-refractivity contribution in [3.63, 3.8) is 0 Å². The zero-order valence-electron chi connectivity index (χ0n) is 7.25. The quantitative estimate of drug-likeness (QED) is 0.766. The fourth-order valence-corrected chi connectivity index (χ4v) is 1.08. The van der Waals surface area contributed by atoms with Crippen LogP contribution in [0.25, 0.3) is 0 Å². The summed E-state index contributed by atoms with van der Waals surface area (Å²) in [6.45, 7) is -1.17. The molecule has 1 rings (SSSR count). The lowest BCUT2D eigenvalue weighted by atomic mass is 9.91. The Hall–Kier alpha value is -1.07. The summed E-state index contributed by atoms with van der Waals surface area (Å²) in [6, 6.07) is 6.95. The molecule has 0 bridgehead atoms. The van der Waals surface area contributed by atoms with Gasteiger partial charge in [-0.3, -0.25) is 0 Å². The SMILES string of the molecule is NC(CO)(c1ccccc1)C(F)(F)F. The molecule has 1 aromatic rings. The molecule has 0 aliphatic rings. The summed E-state index contributed by atoms with van der Waals surface area (Å²) in [5.41, 5.74) is 2.30. The molecule has 0 radical (unpaired) electrons. The molecule has 0 aliphatic heterocycles. The molecular weight excluding hydrogens is 195 g/mol. The van der Waals surface area contributed by atoms with Crippen LogP contribution in [-0.4, -0.2) is 17.9 Å². The molecule has 0 fully saturated rings. The van der Waals surface area contributed by atoms with Crippen molar-refractivity contribution in [3.05, 3.63) is 35.9 Å². The van der Waals surface area contributed by atoms with Gasteiger partial charge in [0.15, 0.2) is 5.54 Å². The zero-order valence-corrected chi connectivity index (χ0v) is 7.25. The molecule has 5 heteroatoms. The average Bonchev–Trinajstić information content (AvgIpc) is 2.16. The molecule has 0 saturated heterocycles. The summed E-state index contributed by atoms with van der Waals surface area (Å²) in [4.78, 5) is 0. The maximum Gasteiger partial charge on any atom is 0.412 e. The Balaban J connectivity index is 3.15. The van der Waals surface area contributed by atoms with E-state index in [2.05, 4.69) is 0 Å². The Kier molecular flexibility index (Phi) is 2.82. The average molecular weight is 205 g/mol. The lowest BCUT2D eigenvalue weighted by Gasteiger charge is -2.30. The summed E-state index contributed by atoms with van der Waals surface area (Å²) < 4.78 is 37.5. The summed E-state index contributed by atoms with van der Waals surface area (Å²) in [5, 5.41) is 8.73. The van der Waals surface area contributed by atoms with E-state index in [4.69, 9.17) is 10.8 Å². The van der Waals surface area contributed by atoms with Gasteiger partial charge < -0.3 is 10.8 Å². The van der Waals surface area contributed by atoms with Gasteiger partial charge in [-0.25, -0.2) is 0 Å². The smallest absolute Gasteiger partial charge is 0.394 e. The highest BCUT2D eigenvalue weighted by atomic mass is 19.4. The second-order valence-electron chi connectivity index (χ2n) is 2.99. The number of benzene rings is 1. The standard InChI is InChI=1S/C9H10F3NO/c10-9(11,12)8(13,6-14)7-4-2-1-3-5-7/h1-5,14H,6,13H2. The number of hydrogen-bond donors (Lipinski definition) is 2. The van der Waals surface area contributed by atoms with Crippen molar-refractivity contribution >= 4 is 0 Å². The predicted molar refractivity (Wildman–Crippen MR) is 45.4 cm³/mol. The first-order valence-corrected chi connectivity index (χ1v) is 3.94. The van der Waals surface area contributed by atoms with Crippen LogP contribution in [0.4, 0.5) is 13.2 Å². The van der Waals surface area contributed by atoms with Gasteiger partial charge in [0, 0.05) is 0 Å². The summed E-state index contributed by atoms with van der Waals surface area (Å²) in [5.74, 6) is 0. The van der Waals surface area contributed by atoms with E-state index in [0.29, 0.717) is 0 Å². The van der Waals surface area contributed by atoms with Gasteiger partial charge in [0.2, 0.25) is 0 Å². The van der Waals surface area contributed by atoms with Crippen LogP contribution in [0.3, 0.4) is 0 Å². The Bertz CT molecular complexity index is 299. The molecule has 14 heavy (non-hydrogen) atoms. The fourth-order valence-electron chi connectivity index (χ4n) is 1.08. The molecule has 0 aromatic heterocycles. The second kappa shape index (κ2) is 3.59. The first-order valence-electron chi connectivity index (χ1n) is 3.94. The van der Waals surface area contributed by atoms with Crippen molar-refractivity contribution < 1.29 is 18.3 Å². The Morgan fingerprint density at radius 2 is 1.64 bits per heavy atom. The van der Waals surface area contributed by atoms with E-state index in [1.807, 2.05) is 0 Å². The Morgan fingerprint density at radius 1 is 1.14 bits per heavy atom. The molecule has 1 atom stereocenters. The van der Waals surface area contributed by atoms with Crippen LogP contribution in [-0.2, 0) is 5.54 Å². The van der Waals surface area contributed by atoms with Crippen molar-refractivity contribution in [2.75, 3.05) is 6.61 Å². The lowest BCUT2D eigenvalue weighted by molar-refractivity contribution is -0.199. The molecule has 2 nitrogen and oxygen atoms in total. The number of aliphatic hydroxyl groups excluding tert-OH is 1. The minimum Gasteiger partial charge on any atom is -0.394 e. The zero-order chi connectivity index (χ0) is 10.8. The van der Waals surface area contributed by atoms with E-state index in [1.54, 1.807) is 6.07 Å². The van der Waals surface area contributed by atoms with Crippen LogP contribution in [0.15, 0.2) is 30.3 Å². The van der Waals surface area contributed by atoms with Crippen LogP contribution in [0.1, 0.15) is 5.56 Å². The van der Waals surface area contributed by atoms with Gasteiger partial charge in [-0.15, -0.1) is 0 Å². The van der Waals surface area contributed by atoms with E-state index in [9.17, 15) is 13.2 Å².